The Morgan fingerprint density at radius 1 is 0.447 bits per heavy atom. The minimum atomic E-state index is -6.81. The van der Waals surface area contributed by atoms with Gasteiger partial charge in [-0.1, -0.05) is 84.0 Å². The standard InChI is InChI=1S/C17H21NO3.2C11H16F3NO5S.C10H17NO3.C8H5F6NO4S2.C7H5BrO.CH2O3.CH4.2K.H/c1-17(2,3)21-16(20)18-10-8-15(9-11-18)14-6-4-13(12-19)5-7-14;2*1-10(2,3)19-9(16)15-6-4-8(5-7-15)20-21(17,18)11(12,13)14;1-10(2,3)14-9(13)11-6-4-8(12)5-7-11;9-7(10,11)20(16,17)15(6-4-2-1-3-5-6)21(18,19)8(12,13)14;8-7-3-1-6(5-9)2-4-7;2-1-4-3;;;;/h4-8,12H,9-11H2,1-3H3;2*4H,5-7H2,1-3H3;4-7H2,1-3H3;1-5H;1-5H;1,3H;1H4;;;/q;;;;;;;;2*+1;-1/p-1. The van der Waals surface area contributed by atoms with E-state index in [0.29, 0.717) is 62.3 Å². The fraction of sp³-hybridized carbons (Fsp3) is 0.515. The second-order valence-corrected chi connectivity index (χ2v) is 34.4. The van der Waals surface area contributed by atoms with E-state index >= 15 is 0 Å². The zero-order valence-electron chi connectivity index (χ0n) is 64.2. The van der Waals surface area contributed by atoms with Crippen LogP contribution in [0.1, 0.15) is 150 Å². The fourth-order valence-corrected chi connectivity index (χ4v) is 12.0. The van der Waals surface area contributed by atoms with Gasteiger partial charge in [-0.15, -0.1) is 3.71 Å². The number of halogens is 13. The predicted molar refractivity (Wildman–Crippen MR) is 381 cm³/mol. The number of ether oxygens (including phenoxy) is 4. The number of benzene rings is 3. The molecule has 3 aromatic carbocycles. The number of para-hydroxylation sites is 1. The molecule has 0 radical (unpaired) electrons. The average molecular weight is 1850 g/mol. The van der Waals surface area contributed by atoms with Gasteiger partial charge in [0.15, 0.2) is 0 Å². The summed E-state index contributed by atoms with van der Waals surface area (Å²) in [7, 11) is -24.9. The first-order chi connectivity index (χ1) is 50.4. The molecule has 0 saturated carbocycles. The first-order valence-corrected chi connectivity index (χ1v) is 38.4. The van der Waals surface area contributed by atoms with E-state index in [1.807, 2.05) is 84.0 Å². The van der Waals surface area contributed by atoms with E-state index in [-0.39, 0.29) is 187 Å². The van der Waals surface area contributed by atoms with Crippen LogP contribution in [0.5, 0.6) is 0 Å². The topological polar surface area (TPSA) is 377 Å². The molecule has 4 aliphatic rings. The summed E-state index contributed by atoms with van der Waals surface area (Å²) >= 11 is 3.26. The zero-order valence-corrected chi connectivity index (χ0v) is 74.3. The fourth-order valence-electron chi connectivity index (χ4n) is 7.96. The maximum absolute atomic E-state index is 12.4. The number of alkyl halides is 12. The van der Waals surface area contributed by atoms with Gasteiger partial charge in [0.25, 0.3) is 6.47 Å². The second-order valence-electron chi connectivity index (χ2n) is 26.6. The summed E-state index contributed by atoms with van der Waals surface area (Å²) in [6.45, 7) is 23.0. The van der Waals surface area contributed by atoms with Crippen LogP contribution < -0.4 is 112 Å². The van der Waals surface area contributed by atoms with Crippen molar-refractivity contribution in [2.45, 2.75) is 167 Å². The summed E-state index contributed by atoms with van der Waals surface area (Å²) in [5, 5.41) is 8.43. The number of likely N-dealkylation sites (tertiary alicyclic amines) is 1. The van der Waals surface area contributed by atoms with Crippen molar-refractivity contribution in [2.24, 2.45) is 0 Å². The number of sulfonamides is 2. The van der Waals surface area contributed by atoms with Crippen molar-refractivity contribution in [3.05, 3.63) is 130 Å². The number of hydrogen-bond acceptors (Lipinski definition) is 24. The van der Waals surface area contributed by atoms with Crippen LogP contribution in [0.15, 0.2) is 113 Å². The Labute approximate surface area is 747 Å². The number of nitrogens with zero attached hydrogens (tertiary/aromatic N) is 5. The van der Waals surface area contributed by atoms with Gasteiger partial charge in [0.1, 0.15) is 52.3 Å². The molecule has 114 heavy (non-hydrogen) atoms. The number of ketones is 1. The number of Topliss-reactive ketones (excluding diaryl/α,β-unsaturated/α-hetero) is 1. The monoisotopic (exact) mass is 1850 g/mol. The average Bonchev–Trinajstić information content (AvgIpc) is 0.739. The van der Waals surface area contributed by atoms with Crippen molar-refractivity contribution < 1.29 is 266 Å². The second kappa shape index (κ2) is 47.9. The van der Waals surface area contributed by atoms with Crippen LogP contribution in [0.4, 0.5) is 77.6 Å². The third-order valence-corrected chi connectivity index (χ3v) is 19.1. The Kier molecular flexibility index (Phi) is 47.4. The van der Waals surface area contributed by atoms with Crippen LogP contribution in [0.2, 0.25) is 0 Å². The largest absolute Gasteiger partial charge is 1.00 e. The molecule has 3 aromatic rings. The first-order valence-electron chi connectivity index (χ1n) is 31.9. The van der Waals surface area contributed by atoms with E-state index < -0.39 is 106 Å². The Morgan fingerprint density at radius 3 is 0.991 bits per heavy atom. The van der Waals surface area contributed by atoms with Gasteiger partial charge >= 0.3 is 189 Å². The molecule has 7 rings (SSSR count). The molecule has 4 amide bonds. The van der Waals surface area contributed by atoms with Crippen molar-refractivity contribution in [3.8, 4) is 0 Å². The smallest absolute Gasteiger partial charge is 1.00 e. The molecule has 0 atom stereocenters. The molecule has 0 aliphatic carbocycles. The van der Waals surface area contributed by atoms with Crippen molar-refractivity contribution >= 4 is 117 Å². The predicted octanol–water partition coefficient (Wildman–Crippen LogP) is 7.51. The van der Waals surface area contributed by atoms with Gasteiger partial charge in [0.2, 0.25) is 0 Å². The summed E-state index contributed by atoms with van der Waals surface area (Å²) in [5.74, 6) is -0.455. The molecule has 4 heterocycles. The van der Waals surface area contributed by atoms with E-state index in [0.717, 1.165) is 59.4 Å². The van der Waals surface area contributed by atoms with Crippen molar-refractivity contribution in [1.29, 1.82) is 0 Å². The minimum Gasteiger partial charge on any atom is -1.00 e. The molecule has 29 nitrogen and oxygen atoms in total. The summed E-state index contributed by atoms with van der Waals surface area (Å²) in [5.41, 5.74) is -23.4. The Bertz CT molecular complexity index is 4070. The molecule has 0 N–H and O–H groups in total. The molecule has 636 valence electrons. The maximum Gasteiger partial charge on any atom is 1.00 e. The number of anilines is 1. The quantitative estimate of drug-likeness (QED) is 0.0262. The number of aldehydes is 2. The van der Waals surface area contributed by atoms with E-state index in [9.17, 15) is 120 Å². The normalized spacial score (nSPS) is 14.9. The Hall–Kier alpha value is -5.49. The summed E-state index contributed by atoms with van der Waals surface area (Å²) in [6, 6.07) is 18.5. The molecule has 0 spiro atoms. The van der Waals surface area contributed by atoms with Crippen molar-refractivity contribution in [1.82, 2.24) is 19.6 Å². The number of amides is 4. The number of hydrogen-bond donors (Lipinski definition) is 0. The van der Waals surface area contributed by atoms with E-state index in [4.69, 9.17) is 29.0 Å². The number of piperidine rings is 1. The molecule has 48 heteroatoms. The number of rotatable bonds is 11. The number of carbonyl (C=O) groups is 8. The Morgan fingerprint density at radius 2 is 0.737 bits per heavy atom. The van der Waals surface area contributed by atoms with Crippen LogP contribution in [-0.4, -0.2) is 199 Å². The van der Waals surface area contributed by atoms with E-state index in [1.165, 1.54) is 15.4 Å². The van der Waals surface area contributed by atoms with Gasteiger partial charge in [0, 0.05) is 93.6 Å². The van der Waals surface area contributed by atoms with Gasteiger partial charge in [-0.2, -0.15) is 86.4 Å². The van der Waals surface area contributed by atoms with E-state index in [1.54, 1.807) is 63.5 Å². The van der Waals surface area contributed by atoms with Crippen molar-refractivity contribution in [2.75, 3.05) is 56.1 Å². The summed E-state index contributed by atoms with van der Waals surface area (Å²) in [6.07, 6.45) is 5.50. The van der Waals surface area contributed by atoms with Crippen LogP contribution in [0.25, 0.3) is 5.57 Å². The summed E-state index contributed by atoms with van der Waals surface area (Å²) in [4.78, 5) is 95.6. The van der Waals surface area contributed by atoms with Crippen LogP contribution >= 0.6 is 15.9 Å². The molecule has 4 aliphatic heterocycles. The van der Waals surface area contributed by atoms with Gasteiger partial charge in [0.05, 0.1) is 5.69 Å². The van der Waals surface area contributed by atoms with Crippen LogP contribution in [-0.2, 0) is 82.1 Å². The van der Waals surface area contributed by atoms with Gasteiger partial charge in [-0.05, 0) is 137 Å². The number of carbonyl (C=O) groups excluding carboxylic acids is 8. The summed E-state index contributed by atoms with van der Waals surface area (Å²) < 4.78 is 264. The SMILES string of the molecule is C.CC(C)(C)OC(=O)N1CC=C(OS(=O)(=O)C(F)(F)F)CC1.CC(C)(C)OC(=O)N1CC=C(OS(=O)(=O)C(F)(F)F)CC1.CC(C)(C)OC(=O)N1CC=C(c2ccc(C=O)cc2)CC1.CC(C)(C)OC(=O)N1CCC(=O)CC1.O=CO[O-].O=Cc1ccc(Br)cc1.O=S(=O)(N(c1ccccc1)S(=O)(=O)C(F)(F)F)C(F)(F)F.[H-].[K+].[K+]. The first kappa shape index (κ1) is 113. The maximum atomic E-state index is 12.4. The molecule has 0 unspecified atom stereocenters. The molecule has 0 aromatic heterocycles. The van der Waals surface area contributed by atoms with Gasteiger partial charge < -0.3 is 58.5 Å². The van der Waals surface area contributed by atoms with Crippen molar-refractivity contribution in [3.63, 3.8) is 0 Å². The molecule has 0 bridgehead atoms. The third kappa shape index (κ3) is 41.3. The third-order valence-electron chi connectivity index (χ3n) is 12.9. The van der Waals surface area contributed by atoms with E-state index in [2.05, 4.69) is 29.2 Å². The molecular weight excluding hydrogens is 1760 g/mol. The molecular formula is C66H86BrF12K2N5O24S4. The van der Waals surface area contributed by atoms with Crippen LogP contribution in [0.3, 0.4) is 0 Å². The zero-order chi connectivity index (χ0) is 86.0. The Balaban J connectivity index is -0.000000641. The molecule has 1 saturated heterocycles. The van der Waals surface area contributed by atoms with Crippen LogP contribution in [0, 0.1) is 0 Å². The van der Waals surface area contributed by atoms with Gasteiger partial charge in [-0.25, -0.2) is 19.2 Å². The van der Waals surface area contributed by atoms with Gasteiger partial charge in [-0.3, -0.25) is 19.2 Å². The molecule has 1 fully saturated rings. The minimum absolute atomic E-state index is 0.